The minimum absolute atomic E-state index is 0.00245. The molecule has 2 aromatic carbocycles. The molecular weight excluding hydrogens is 475 g/mol. The van der Waals surface area contributed by atoms with Crippen molar-refractivity contribution in [2.75, 3.05) is 16.4 Å². The van der Waals surface area contributed by atoms with Gasteiger partial charge in [0.2, 0.25) is 0 Å². The molecule has 2 aliphatic heterocycles. The van der Waals surface area contributed by atoms with E-state index in [1.807, 2.05) is 24.3 Å². The van der Waals surface area contributed by atoms with Crippen molar-refractivity contribution in [2.24, 2.45) is 4.99 Å². The standard InChI is InChI=1S/C18H15BrClFN2O2S2/c19-12-5-6-16(14(21)7-12)23-17-10-27(24,25)9-15(17)22-18(23)26-8-11-3-1-2-4-13(11)20/h1-7,15,17H,8-10H2/t15-,17+/m0/s1. The molecule has 2 aromatic rings. The molecule has 0 spiro atoms. The molecule has 1 fully saturated rings. The lowest BCUT2D eigenvalue weighted by molar-refractivity contribution is 0.600. The Balaban J connectivity index is 1.66. The summed E-state index contributed by atoms with van der Waals surface area (Å²) in [5.41, 5.74) is 1.29. The smallest absolute Gasteiger partial charge is 0.164 e. The maximum Gasteiger partial charge on any atom is 0.164 e. The van der Waals surface area contributed by atoms with E-state index in [9.17, 15) is 12.8 Å². The summed E-state index contributed by atoms with van der Waals surface area (Å²) in [5.74, 6) is 0.134. The van der Waals surface area contributed by atoms with Crippen molar-refractivity contribution in [1.82, 2.24) is 0 Å². The predicted octanol–water partition coefficient (Wildman–Crippen LogP) is 4.52. The number of halogens is 3. The molecule has 0 amide bonds. The van der Waals surface area contributed by atoms with E-state index in [0.29, 0.717) is 26.1 Å². The number of fused-ring (bicyclic) bond motifs is 1. The fraction of sp³-hybridized carbons (Fsp3) is 0.278. The van der Waals surface area contributed by atoms with Gasteiger partial charge in [0.15, 0.2) is 15.0 Å². The summed E-state index contributed by atoms with van der Waals surface area (Å²) in [6, 6.07) is 11.5. The van der Waals surface area contributed by atoms with Crippen molar-refractivity contribution < 1.29 is 12.8 Å². The molecule has 2 aliphatic rings. The molecule has 2 atom stereocenters. The van der Waals surface area contributed by atoms with E-state index in [1.165, 1.54) is 17.8 Å². The number of nitrogens with zero attached hydrogens (tertiary/aromatic N) is 2. The molecule has 2 heterocycles. The third kappa shape index (κ3) is 3.90. The molecule has 0 saturated carbocycles. The third-order valence-corrected chi connectivity index (χ3v) is 8.17. The van der Waals surface area contributed by atoms with E-state index in [2.05, 4.69) is 20.9 Å². The predicted molar refractivity (Wildman–Crippen MR) is 113 cm³/mol. The van der Waals surface area contributed by atoms with Crippen LogP contribution in [0.2, 0.25) is 5.02 Å². The maximum absolute atomic E-state index is 14.6. The number of thioether (sulfide) groups is 1. The van der Waals surface area contributed by atoms with E-state index >= 15 is 0 Å². The highest BCUT2D eigenvalue weighted by molar-refractivity contribution is 9.10. The molecule has 1 saturated heterocycles. The number of rotatable bonds is 3. The summed E-state index contributed by atoms with van der Waals surface area (Å²) < 4.78 is 39.4. The normalized spacial score (nSPS) is 23.4. The number of hydrogen-bond acceptors (Lipinski definition) is 5. The van der Waals surface area contributed by atoms with Crippen molar-refractivity contribution in [2.45, 2.75) is 17.8 Å². The first-order valence-corrected chi connectivity index (χ1v) is 12.2. The fourth-order valence-electron chi connectivity index (χ4n) is 3.35. The molecule has 4 nitrogen and oxygen atoms in total. The van der Waals surface area contributed by atoms with E-state index in [4.69, 9.17) is 11.6 Å². The van der Waals surface area contributed by atoms with Crippen LogP contribution in [-0.2, 0) is 15.6 Å². The Morgan fingerprint density at radius 3 is 2.78 bits per heavy atom. The van der Waals surface area contributed by atoms with Crippen LogP contribution in [0.3, 0.4) is 0 Å². The third-order valence-electron chi connectivity index (χ3n) is 4.59. The van der Waals surface area contributed by atoms with Crippen LogP contribution in [0.4, 0.5) is 10.1 Å². The quantitative estimate of drug-likeness (QED) is 0.636. The molecule has 0 aliphatic carbocycles. The SMILES string of the molecule is O=S1(=O)C[C@@H]2N=C(SCc3ccccc3Cl)N(c3ccc(Br)cc3F)[C@@H]2C1. The van der Waals surface area contributed by atoms with Gasteiger partial charge in [0.25, 0.3) is 0 Å². The highest BCUT2D eigenvalue weighted by atomic mass is 79.9. The second kappa shape index (κ2) is 7.39. The summed E-state index contributed by atoms with van der Waals surface area (Å²) in [6.45, 7) is 0. The monoisotopic (exact) mass is 488 g/mol. The van der Waals surface area contributed by atoms with Gasteiger partial charge < -0.3 is 4.90 Å². The molecule has 0 N–H and O–H groups in total. The van der Waals surface area contributed by atoms with Gasteiger partial charge >= 0.3 is 0 Å². The van der Waals surface area contributed by atoms with E-state index in [0.717, 1.165) is 5.56 Å². The maximum atomic E-state index is 14.6. The second-order valence-corrected chi connectivity index (χ2v) is 10.9. The van der Waals surface area contributed by atoms with Gasteiger partial charge in [-0.15, -0.1) is 0 Å². The van der Waals surface area contributed by atoms with Crippen molar-refractivity contribution in [1.29, 1.82) is 0 Å². The molecule has 0 aromatic heterocycles. The van der Waals surface area contributed by atoms with Gasteiger partial charge in [0.1, 0.15) is 5.82 Å². The Morgan fingerprint density at radius 1 is 1.26 bits per heavy atom. The van der Waals surface area contributed by atoms with E-state index in [-0.39, 0.29) is 23.6 Å². The lowest BCUT2D eigenvalue weighted by atomic mass is 10.1. The van der Waals surface area contributed by atoms with Gasteiger partial charge in [-0.3, -0.25) is 4.99 Å². The highest BCUT2D eigenvalue weighted by Crippen LogP contribution is 2.38. The zero-order valence-corrected chi connectivity index (χ0v) is 18.0. The minimum atomic E-state index is -3.18. The Kier molecular flexibility index (Phi) is 5.26. The molecule has 27 heavy (non-hydrogen) atoms. The van der Waals surface area contributed by atoms with Crippen LogP contribution in [0.15, 0.2) is 51.9 Å². The first kappa shape index (κ1) is 19.2. The van der Waals surface area contributed by atoms with Crippen LogP contribution >= 0.6 is 39.3 Å². The molecule has 0 bridgehead atoms. The largest absolute Gasteiger partial charge is 0.312 e. The van der Waals surface area contributed by atoms with Gasteiger partial charge in [-0.2, -0.15) is 0 Å². The van der Waals surface area contributed by atoms with Crippen LogP contribution in [0.5, 0.6) is 0 Å². The lowest BCUT2D eigenvalue weighted by Gasteiger charge is -2.27. The van der Waals surface area contributed by atoms with Gasteiger partial charge in [-0.05, 0) is 29.8 Å². The summed E-state index contributed by atoms with van der Waals surface area (Å²) in [5, 5.41) is 1.29. The molecule has 4 rings (SSSR count). The zero-order chi connectivity index (χ0) is 19.2. The molecule has 0 radical (unpaired) electrons. The average molecular weight is 490 g/mol. The molecular formula is C18H15BrClFN2O2S2. The van der Waals surface area contributed by atoms with Crippen LogP contribution < -0.4 is 4.90 Å². The number of anilines is 1. The Morgan fingerprint density at radius 2 is 2.04 bits per heavy atom. The first-order valence-electron chi connectivity index (χ1n) is 8.23. The number of benzene rings is 2. The van der Waals surface area contributed by atoms with Crippen molar-refractivity contribution in [3.05, 3.63) is 63.3 Å². The summed E-state index contributed by atoms with van der Waals surface area (Å²) >= 11 is 10.9. The van der Waals surface area contributed by atoms with Crippen LogP contribution in [0.25, 0.3) is 0 Å². The Hall–Kier alpha value is -1.09. The van der Waals surface area contributed by atoms with Crippen molar-refractivity contribution in [3.8, 4) is 0 Å². The van der Waals surface area contributed by atoms with Gasteiger partial charge in [0.05, 0.1) is 29.3 Å². The summed E-state index contributed by atoms with van der Waals surface area (Å²) in [7, 11) is -3.18. The summed E-state index contributed by atoms with van der Waals surface area (Å²) in [6.07, 6.45) is 0. The minimum Gasteiger partial charge on any atom is -0.312 e. The molecule has 142 valence electrons. The zero-order valence-electron chi connectivity index (χ0n) is 14.0. The Labute approximate surface area is 174 Å². The number of amidine groups is 1. The van der Waals surface area contributed by atoms with Crippen LogP contribution in [-0.4, -0.2) is 37.2 Å². The number of hydrogen-bond donors (Lipinski definition) is 0. The van der Waals surface area contributed by atoms with Gasteiger partial charge in [-0.1, -0.05) is 57.5 Å². The van der Waals surface area contributed by atoms with Gasteiger partial charge in [-0.25, -0.2) is 12.8 Å². The van der Waals surface area contributed by atoms with Gasteiger partial charge in [0, 0.05) is 15.2 Å². The van der Waals surface area contributed by atoms with Crippen LogP contribution in [0, 0.1) is 5.82 Å². The number of aliphatic imine (C=N–C) groups is 1. The molecule has 9 heteroatoms. The average Bonchev–Trinajstić information content (AvgIpc) is 3.06. The second-order valence-electron chi connectivity index (χ2n) is 6.47. The molecule has 0 unspecified atom stereocenters. The fourth-order valence-corrected chi connectivity index (χ4v) is 6.93. The van der Waals surface area contributed by atoms with Crippen molar-refractivity contribution in [3.63, 3.8) is 0 Å². The summed E-state index contributed by atoms with van der Waals surface area (Å²) in [4.78, 5) is 6.35. The van der Waals surface area contributed by atoms with Crippen molar-refractivity contribution >= 4 is 60.0 Å². The number of sulfone groups is 1. The lowest BCUT2D eigenvalue weighted by Crippen LogP contribution is -2.39. The topological polar surface area (TPSA) is 49.7 Å². The first-order chi connectivity index (χ1) is 12.8. The Bertz CT molecular complexity index is 1030. The highest BCUT2D eigenvalue weighted by Gasteiger charge is 2.47. The van der Waals surface area contributed by atoms with Crippen LogP contribution in [0.1, 0.15) is 5.56 Å². The van der Waals surface area contributed by atoms with E-state index in [1.54, 1.807) is 17.0 Å². The van der Waals surface area contributed by atoms with E-state index < -0.39 is 15.7 Å².